The second-order valence-electron chi connectivity index (χ2n) is 6.25. The lowest BCUT2D eigenvalue weighted by molar-refractivity contribution is -0.126. The molecular weight excluding hydrogens is 336 g/mol. The number of benzene rings is 2. The van der Waals surface area contributed by atoms with Gasteiger partial charge < -0.3 is 10.2 Å². The van der Waals surface area contributed by atoms with E-state index in [1.165, 1.54) is 0 Å². The zero-order valence-corrected chi connectivity index (χ0v) is 14.7. The van der Waals surface area contributed by atoms with Gasteiger partial charge in [0.25, 0.3) is 5.91 Å². The van der Waals surface area contributed by atoms with Crippen LogP contribution in [-0.4, -0.2) is 29.8 Å². The molecule has 0 saturated carbocycles. The molecule has 1 fully saturated rings. The fourth-order valence-corrected chi connectivity index (χ4v) is 3.30. The molecule has 1 heterocycles. The molecule has 0 aromatic heterocycles. The number of halogens is 1. The average Bonchev–Trinajstić information content (AvgIpc) is 2.67. The fraction of sp³-hybridized carbons (Fsp3) is 0.300. The molecule has 2 aromatic rings. The van der Waals surface area contributed by atoms with Crippen molar-refractivity contribution in [3.05, 3.63) is 70.7 Å². The van der Waals surface area contributed by atoms with E-state index >= 15 is 0 Å². The zero-order chi connectivity index (χ0) is 17.6. The lowest BCUT2D eigenvalue weighted by Crippen LogP contribution is -2.43. The Bertz CT molecular complexity index is 740. The van der Waals surface area contributed by atoms with Gasteiger partial charge in [-0.25, -0.2) is 0 Å². The molecule has 3 rings (SSSR count). The van der Waals surface area contributed by atoms with Gasteiger partial charge in [-0.3, -0.25) is 9.59 Å². The molecule has 4 nitrogen and oxygen atoms in total. The van der Waals surface area contributed by atoms with Crippen LogP contribution in [0.1, 0.15) is 28.8 Å². The van der Waals surface area contributed by atoms with Crippen LogP contribution >= 0.6 is 11.6 Å². The maximum atomic E-state index is 12.5. The number of piperidine rings is 1. The zero-order valence-electron chi connectivity index (χ0n) is 14.0. The molecule has 0 aliphatic carbocycles. The molecule has 25 heavy (non-hydrogen) atoms. The molecule has 1 N–H and O–H groups in total. The summed E-state index contributed by atoms with van der Waals surface area (Å²) in [7, 11) is 0. The standard InChI is InChI=1S/C20H21ClN2O2/c21-18-9-5-4-8-17(18)20(25)23-12-10-16(11-13-23)19(24)22-14-15-6-2-1-3-7-15/h1-9,16H,10-14H2,(H,22,24). The molecule has 1 aliphatic heterocycles. The molecule has 2 aromatic carbocycles. The number of hydrogen-bond acceptors (Lipinski definition) is 2. The Morgan fingerprint density at radius 3 is 2.32 bits per heavy atom. The van der Waals surface area contributed by atoms with Gasteiger partial charge in [0.15, 0.2) is 0 Å². The van der Waals surface area contributed by atoms with Crippen molar-refractivity contribution < 1.29 is 9.59 Å². The Balaban J connectivity index is 1.50. The molecule has 0 radical (unpaired) electrons. The van der Waals surface area contributed by atoms with Gasteiger partial charge in [-0.15, -0.1) is 0 Å². The smallest absolute Gasteiger partial charge is 0.255 e. The van der Waals surface area contributed by atoms with Crippen LogP contribution in [0.5, 0.6) is 0 Å². The van der Waals surface area contributed by atoms with E-state index in [1.807, 2.05) is 42.5 Å². The Morgan fingerprint density at radius 2 is 1.64 bits per heavy atom. The van der Waals surface area contributed by atoms with Gasteiger partial charge in [-0.1, -0.05) is 54.1 Å². The van der Waals surface area contributed by atoms with Crippen LogP contribution in [0, 0.1) is 5.92 Å². The number of nitrogens with one attached hydrogen (secondary N) is 1. The topological polar surface area (TPSA) is 49.4 Å². The highest BCUT2D eigenvalue weighted by molar-refractivity contribution is 6.33. The SMILES string of the molecule is O=C(NCc1ccccc1)C1CCN(C(=O)c2ccccc2Cl)CC1. The quantitative estimate of drug-likeness (QED) is 0.911. The van der Waals surface area contributed by atoms with Crippen LogP contribution in [0.25, 0.3) is 0 Å². The summed E-state index contributed by atoms with van der Waals surface area (Å²) in [4.78, 5) is 26.7. The van der Waals surface area contributed by atoms with Gasteiger partial charge in [-0.05, 0) is 30.5 Å². The van der Waals surface area contributed by atoms with Crippen molar-refractivity contribution in [1.29, 1.82) is 0 Å². The third-order valence-electron chi connectivity index (χ3n) is 4.57. The minimum absolute atomic E-state index is 0.0426. The summed E-state index contributed by atoms with van der Waals surface area (Å²) in [5.74, 6) is -0.0403. The minimum atomic E-state index is -0.0613. The Kier molecular flexibility index (Phi) is 5.71. The highest BCUT2D eigenvalue weighted by Crippen LogP contribution is 2.22. The third kappa shape index (κ3) is 4.40. The van der Waals surface area contributed by atoms with Gasteiger partial charge in [0.05, 0.1) is 10.6 Å². The first-order chi connectivity index (χ1) is 12.1. The molecule has 0 spiro atoms. The van der Waals surface area contributed by atoms with Crippen LogP contribution in [0.2, 0.25) is 5.02 Å². The van der Waals surface area contributed by atoms with Crippen LogP contribution in [0.4, 0.5) is 0 Å². The summed E-state index contributed by atoms with van der Waals surface area (Å²) in [5, 5.41) is 3.46. The highest BCUT2D eigenvalue weighted by atomic mass is 35.5. The summed E-state index contributed by atoms with van der Waals surface area (Å²) >= 11 is 6.11. The monoisotopic (exact) mass is 356 g/mol. The van der Waals surface area contributed by atoms with E-state index in [2.05, 4.69) is 5.32 Å². The van der Waals surface area contributed by atoms with Crippen molar-refractivity contribution >= 4 is 23.4 Å². The number of nitrogens with zero attached hydrogens (tertiary/aromatic N) is 1. The Labute approximate surface area is 152 Å². The molecule has 0 unspecified atom stereocenters. The number of carbonyl (C=O) groups is 2. The first kappa shape index (κ1) is 17.5. The maximum absolute atomic E-state index is 12.5. The number of amides is 2. The lowest BCUT2D eigenvalue weighted by atomic mass is 9.95. The van der Waals surface area contributed by atoms with Gasteiger partial charge in [0.1, 0.15) is 0 Å². The molecule has 5 heteroatoms. The van der Waals surface area contributed by atoms with Crippen molar-refractivity contribution in [3.63, 3.8) is 0 Å². The van der Waals surface area contributed by atoms with E-state index in [1.54, 1.807) is 17.0 Å². The number of likely N-dealkylation sites (tertiary alicyclic amines) is 1. The van der Waals surface area contributed by atoms with E-state index in [0.29, 0.717) is 43.1 Å². The predicted octanol–water partition coefficient (Wildman–Crippen LogP) is 3.51. The van der Waals surface area contributed by atoms with Crippen molar-refractivity contribution in [2.45, 2.75) is 19.4 Å². The lowest BCUT2D eigenvalue weighted by Gasteiger charge is -2.31. The van der Waals surface area contributed by atoms with E-state index in [9.17, 15) is 9.59 Å². The normalized spacial score (nSPS) is 15.0. The summed E-state index contributed by atoms with van der Waals surface area (Å²) in [6.07, 6.45) is 1.35. The summed E-state index contributed by atoms with van der Waals surface area (Å²) in [6, 6.07) is 16.9. The molecule has 2 amide bonds. The van der Waals surface area contributed by atoms with Gasteiger partial charge >= 0.3 is 0 Å². The van der Waals surface area contributed by atoms with E-state index in [0.717, 1.165) is 5.56 Å². The first-order valence-electron chi connectivity index (χ1n) is 8.50. The molecular formula is C20H21ClN2O2. The highest BCUT2D eigenvalue weighted by Gasteiger charge is 2.28. The second kappa shape index (κ2) is 8.17. The number of rotatable bonds is 4. The summed E-state index contributed by atoms with van der Waals surface area (Å²) in [6.45, 7) is 1.69. The van der Waals surface area contributed by atoms with Crippen LogP contribution in [0.3, 0.4) is 0 Å². The maximum Gasteiger partial charge on any atom is 0.255 e. The van der Waals surface area contributed by atoms with Crippen molar-refractivity contribution in [2.75, 3.05) is 13.1 Å². The van der Waals surface area contributed by atoms with E-state index in [-0.39, 0.29) is 17.7 Å². The first-order valence-corrected chi connectivity index (χ1v) is 8.88. The average molecular weight is 357 g/mol. The summed E-state index contributed by atoms with van der Waals surface area (Å²) in [5.41, 5.74) is 1.61. The molecule has 1 aliphatic rings. The van der Waals surface area contributed by atoms with E-state index < -0.39 is 0 Å². The van der Waals surface area contributed by atoms with Crippen molar-refractivity contribution in [2.24, 2.45) is 5.92 Å². The number of hydrogen-bond donors (Lipinski definition) is 1. The Morgan fingerprint density at radius 1 is 1.00 bits per heavy atom. The van der Waals surface area contributed by atoms with Gasteiger partial charge in [-0.2, -0.15) is 0 Å². The van der Waals surface area contributed by atoms with Crippen molar-refractivity contribution in [3.8, 4) is 0 Å². The second-order valence-corrected chi connectivity index (χ2v) is 6.66. The van der Waals surface area contributed by atoms with Crippen LogP contribution in [-0.2, 0) is 11.3 Å². The third-order valence-corrected chi connectivity index (χ3v) is 4.90. The van der Waals surface area contributed by atoms with Crippen molar-refractivity contribution in [1.82, 2.24) is 10.2 Å². The van der Waals surface area contributed by atoms with Gasteiger partial charge in [0.2, 0.25) is 5.91 Å². The predicted molar refractivity (Wildman–Crippen MR) is 98.4 cm³/mol. The molecule has 1 saturated heterocycles. The van der Waals surface area contributed by atoms with E-state index in [4.69, 9.17) is 11.6 Å². The summed E-state index contributed by atoms with van der Waals surface area (Å²) < 4.78 is 0. The van der Waals surface area contributed by atoms with Crippen LogP contribution in [0.15, 0.2) is 54.6 Å². The minimum Gasteiger partial charge on any atom is -0.352 e. The van der Waals surface area contributed by atoms with Gasteiger partial charge in [0, 0.05) is 25.6 Å². The number of carbonyl (C=O) groups excluding carboxylic acids is 2. The fourth-order valence-electron chi connectivity index (χ4n) is 3.08. The largest absolute Gasteiger partial charge is 0.352 e. The molecule has 130 valence electrons. The Hall–Kier alpha value is -2.33. The van der Waals surface area contributed by atoms with Crippen LogP contribution < -0.4 is 5.32 Å². The molecule has 0 atom stereocenters. The molecule has 0 bridgehead atoms.